The molecule has 4 heterocycles. The molecule has 11 heteroatoms. The third-order valence-corrected chi connectivity index (χ3v) is 13.2. The minimum absolute atomic E-state index is 0.0904. The van der Waals surface area contributed by atoms with Gasteiger partial charge in [-0.05, 0) is 61.7 Å². The molecule has 256 valence electrons. The van der Waals surface area contributed by atoms with E-state index < -0.39 is 20.0 Å². The van der Waals surface area contributed by atoms with Crippen LogP contribution in [0.3, 0.4) is 0 Å². The number of hydrogen-bond acceptors (Lipinski definition) is 7. The standard InChI is InChI=1S/C38H45N5O5Si/c1-26-36(49(2,3)47)34(19-21-41-24-32(39-40-41)30(25-44)28-14-8-5-9-15-28)48-38(26)31-22-29(42-20-11-10-16-35(42)45)17-18-33(31)43(37(38)46)23-27-12-6-4-7-13-27/h4-9,12-15,17-18,22,24,26,30,34,36,44,47H,10-11,16,19-21,23,25H2,1-3H3/t26-,30?,34+,36-,38+/m1/s1. The van der Waals surface area contributed by atoms with Crippen LogP contribution in [0.2, 0.25) is 18.6 Å². The second kappa shape index (κ2) is 13.3. The lowest BCUT2D eigenvalue weighted by molar-refractivity contribution is -0.146. The molecule has 3 aliphatic rings. The van der Waals surface area contributed by atoms with Gasteiger partial charge < -0.3 is 24.4 Å². The van der Waals surface area contributed by atoms with Gasteiger partial charge in [0.1, 0.15) is 0 Å². The average Bonchev–Trinajstić information content (AvgIpc) is 3.75. The molecule has 49 heavy (non-hydrogen) atoms. The zero-order chi connectivity index (χ0) is 34.3. The Morgan fingerprint density at radius 1 is 1.02 bits per heavy atom. The van der Waals surface area contributed by atoms with Crippen LogP contribution in [-0.4, -0.2) is 64.3 Å². The fourth-order valence-electron chi connectivity index (χ4n) is 8.40. The van der Waals surface area contributed by atoms with Crippen LogP contribution >= 0.6 is 0 Å². The quantitative estimate of drug-likeness (QED) is 0.217. The SMILES string of the molecule is C[C@@H]1[C@@H]([Si](C)(C)O)[C@H](CCn2cc(C(CO)c3ccccc3)nn2)O[C@@]12C(=O)N(Cc1ccccc1)c1ccc(N3CCCCC3=O)cc12. The number of nitrogens with zero attached hydrogens (tertiary/aromatic N) is 5. The molecule has 7 rings (SSSR count). The van der Waals surface area contributed by atoms with Crippen LogP contribution in [0, 0.1) is 5.92 Å². The molecule has 2 N–H and O–H groups in total. The van der Waals surface area contributed by atoms with Crippen molar-refractivity contribution >= 4 is 31.5 Å². The van der Waals surface area contributed by atoms with Crippen LogP contribution in [0.4, 0.5) is 11.4 Å². The molecule has 1 unspecified atom stereocenters. The number of aromatic nitrogens is 3. The maximum atomic E-state index is 14.9. The monoisotopic (exact) mass is 679 g/mol. The first-order valence-electron chi connectivity index (χ1n) is 17.4. The third-order valence-electron chi connectivity index (χ3n) is 10.7. The summed E-state index contributed by atoms with van der Waals surface area (Å²) < 4.78 is 8.84. The fourth-order valence-corrected chi connectivity index (χ4v) is 11.0. The van der Waals surface area contributed by atoms with E-state index in [0.29, 0.717) is 38.2 Å². The lowest BCUT2D eigenvalue weighted by Gasteiger charge is -2.33. The molecular weight excluding hydrogens is 635 g/mol. The summed E-state index contributed by atoms with van der Waals surface area (Å²) in [5, 5.41) is 19.0. The molecule has 0 aliphatic carbocycles. The number of carbonyl (C=O) groups excluding carboxylic acids is 2. The van der Waals surface area contributed by atoms with Gasteiger partial charge in [-0.25, -0.2) is 0 Å². The number of benzene rings is 3. The Bertz CT molecular complexity index is 1810. The number of amides is 2. The molecule has 0 saturated carbocycles. The van der Waals surface area contributed by atoms with E-state index in [1.54, 1.807) is 4.68 Å². The van der Waals surface area contributed by atoms with Crippen LogP contribution < -0.4 is 9.80 Å². The van der Waals surface area contributed by atoms with Crippen molar-refractivity contribution < 1.29 is 24.2 Å². The van der Waals surface area contributed by atoms with E-state index >= 15 is 0 Å². The van der Waals surface area contributed by atoms with Gasteiger partial charge in [0.05, 0.1) is 36.6 Å². The number of fused-ring (bicyclic) bond motifs is 2. The third kappa shape index (κ3) is 6.03. The Labute approximate surface area is 288 Å². The van der Waals surface area contributed by atoms with Gasteiger partial charge >= 0.3 is 0 Å². The van der Waals surface area contributed by atoms with E-state index in [1.165, 1.54) is 0 Å². The van der Waals surface area contributed by atoms with E-state index in [-0.39, 0.29) is 35.8 Å². The number of hydrogen-bond donors (Lipinski definition) is 2. The summed E-state index contributed by atoms with van der Waals surface area (Å²) in [6, 6.07) is 25.6. The highest BCUT2D eigenvalue weighted by Gasteiger charge is 2.66. The van der Waals surface area contributed by atoms with Gasteiger partial charge in [-0.15, -0.1) is 5.10 Å². The van der Waals surface area contributed by atoms with Gasteiger partial charge in [0.25, 0.3) is 5.91 Å². The molecule has 4 aromatic rings. The van der Waals surface area contributed by atoms with Crippen molar-refractivity contribution in [3.05, 3.63) is 107 Å². The lowest BCUT2D eigenvalue weighted by atomic mass is 9.82. The van der Waals surface area contributed by atoms with Crippen LogP contribution in [0.1, 0.15) is 60.9 Å². The van der Waals surface area contributed by atoms with E-state index in [4.69, 9.17) is 4.74 Å². The van der Waals surface area contributed by atoms with E-state index in [9.17, 15) is 19.5 Å². The minimum Gasteiger partial charge on any atom is -0.432 e. The van der Waals surface area contributed by atoms with Gasteiger partial charge in [-0.2, -0.15) is 0 Å². The molecule has 10 nitrogen and oxygen atoms in total. The zero-order valence-corrected chi connectivity index (χ0v) is 29.4. The summed E-state index contributed by atoms with van der Waals surface area (Å²) >= 11 is 0. The largest absolute Gasteiger partial charge is 0.432 e. The predicted octanol–water partition coefficient (Wildman–Crippen LogP) is 5.35. The molecule has 1 aromatic heterocycles. The number of anilines is 2. The summed E-state index contributed by atoms with van der Waals surface area (Å²) in [5.41, 5.74) is 3.40. The summed E-state index contributed by atoms with van der Waals surface area (Å²) in [4.78, 5) is 43.3. The molecule has 3 aromatic carbocycles. The number of aryl methyl sites for hydroxylation is 1. The molecular formula is C38H45N5O5Si. The Kier molecular flexibility index (Phi) is 9.03. The number of aliphatic hydroxyl groups excluding tert-OH is 1. The van der Waals surface area contributed by atoms with Crippen LogP contribution in [0.25, 0.3) is 0 Å². The first-order valence-corrected chi connectivity index (χ1v) is 20.4. The molecule has 0 radical (unpaired) electrons. The second-order valence-corrected chi connectivity index (χ2v) is 18.3. The number of ether oxygens (including phenoxy) is 1. The van der Waals surface area contributed by atoms with E-state index in [1.807, 2.05) is 115 Å². The van der Waals surface area contributed by atoms with Gasteiger partial charge in [-0.1, -0.05) is 72.8 Å². The van der Waals surface area contributed by atoms with Crippen molar-refractivity contribution in [2.24, 2.45) is 5.92 Å². The highest BCUT2D eigenvalue weighted by Crippen LogP contribution is 2.60. The Morgan fingerprint density at radius 3 is 2.45 bits per heavy atom. The van der Waals surface area contributed by atoms with Gasteiger partial charge in [0.15, 0.2) is 13.9 Å². The molecule has 2 amide bonds. The van der Waals surface area contributed by atoms with Crippen molar-refractivity contribution in [3.8, 4) is 0 Å². The normalized spacial score (nSPS) is 24.6. The van der Waals surface area contributed by atoms with E-state index in [0.717, 1.165) is 40.9 Å². The first kappa shape index (κ1) is 33.3. The second-order valence-electron chi connectivity index (χ2n) is 14.3. The Hall–Kier alpha value is -4.16. The zero-order valence-electron chi connectivity index (χ0n) is 28.4. The summed E-state index contributed by atoms with van der Waals surface area (Å²) in [6.45, 7) is 7.30. The first-order chi connectivity index (χ1) is 23.6. The smallest absolute Gasteiger partial charge is 0.264 e. The van der Waals surface area contributed by atoms with Gasteiger partial charge in [0, 0.05) is 48.4 Å². The molecule has 5 atom stereocenters. The summed E-state index contributed by atoms with van der Waals surface area (Å²) in [7, 11) is -2.89. The number of rotatable bonds is 10. The van der Waals surface area contributed by atoms with Crippen molar-refractivity contribution in [1.29, 1.82) is 0 Å². The van der Waals surface area contributed by atoms with Crippen molar-refractivity contribution in [2.45, 2.75) is 82.0 Å². The average molecular weight is 680 g/mol. The Morgan fingerprint density at radius 2 is 1.76 bits per heavy atom. The van der Waals surface area contributed by atoms with Crippen LogP contribution in [0.5, 0.6) is 0 Å². The Balaban J connectivity index is 1.23. The summed E-state index contributed by atoms with van der Waals surface area (Å²) in [6.07, 6.45) is 4.27. The highest BCUT2D eigenvalue weighted by atomic mass is 28.4. The topological polar surface area (TPSA) is 121 Å². The van der Waals surface area contributed by atoms with Crippen molar-refractivity contribution in [1.82, 2.24) is 15.0 Å². The number of aliphatic hydroxyl groups is 1. The van der Waals surface area contributed by atoms with Crippen LogP contribution in [-0.2, 0) is 33.0 Å². The molecule has 0 bridgehead atoms. The number of piperidine rings is 1. The maximum Gasteiger partial charge on any atom is 0.264 e. The van der Waals surface area contributed by atoms with Crippen molar-refractivity contribution in [3.63, 3.8) is 0 Å². The fraction of sp³-hybridized carbons (Fsp3) is 0.421. The minimum atomic E-state index is -2.89. The number of carbonyl (C=O) groups is 2. The van der Waals surface area contributed by atoms with Crippen LogP contribution in [0.15, 0.2) is 85.1 Å². The predicted molar refractivity (Wildman–Crippen MR) is 189 cm³/mol. The molecule has 1 spiro atoms. The highest BCUT2D eigenvalue weighted by molar-refractivity contribution is 6.71. The van der Waals surface area contributed by atoms with Gasteiger partial charge in [0.2, 0.25) is 5.91 Å². The van der Waals surface area contributed by atoms with Crippen molar-refractivity contribution in [2.75, 3.05) is 23.0 Å². The molecule has 2 saturated heterocycles. The summed E-state index contributed by atoms with van der Waals surface area (Å²) in [5.74, 6) is -0.662. The van der Waals surface area contributed by atoms with Gasteiger partial charge in [-0.3, -0.25) is 14.3 Å². The molecule has 3 aliphatic heterocycles. The van der Waals surface area contributed by atoms with E-state index in [2.05, 4.69) is 10.3 Å². The lowest BCUT2D eigenvalue weighted by Crippen LogP contribution is -2.46. The molecule has 2 fully saturated rings. The maximum absolute atomic E-state index is 14.9.